The lowest BCUT2D eigenvalue weighted by Gasteiger charge is -2.44. The third-order valence-corrected chi connectivity index (χ3v) is 4.96. The second kappa shape index (κ2) is 4.39. The van der Waals surface area contributed by atoms with Crippen LogP contribution in [-0.2, 0) is 0 Å². The van der Waals surface area contributed by atoms with Crippen LogP contribution in [0.15, 0.2) is 35.4 Å². The van der Waals surface area contributed by atoms with E-state index in [0.717, 1.165) is 24.1 Å². The number of halogens is 2. The van der Waals surface area contributed by atoms with Crippen LogP contribution < -0.4 is 10.4 Å². The third-order valence-electron chi connectivity index (χ3n) is 4.96. The van der Waals surface area contributed by atoms with Gasteiger partial charge in [0.1, 0.15) is 11.6 Å². The molecule has 1 heterocycles. The van der Waals surface area contributed by atoms with Crippen LogP contribution >= 0.6 is 0 Å². The second-order valence-corrected chi connectivity index (χ2v) is 7.37. The standard InChI is InChI=1S/C19H19F2N/c1-19(2)9-14-12-8-13-15(20)5-6-16(21)18(13)11(12)4-7-17(14)22(3)10-19/h4-8,17H,9-10H2,1-3H3. The van der Waals surface area contributed by atoms with Crippen LogP contribution in [0, 0.1) is 17.0 Å². The number of hydrogen-bond acceptors (Lipinski definition) is 1. The van der Waals surface area contributed by atoms with E-state index in [4.69, 9.17) is 0 Å². The first-order chi connectivity index (χ1) is 10.4. The Bertz CT molecular complexity index is 858. The van der Waals surface area contributed by atoms with Gasteiger partial charge in [-0.25, -0.2) is 8.78 Å². The number of rotatable bonds is 0. The monoisotopic (exact) mass is 299 g/mol. The fourth-order valence-corrected chi connectivity index (χ4v) is 4.20. The molecule has 3 aliphatic rings. The van der Waals surface area contributed by atoms with E-state index < -0.39 is 0 Å². The molecule has 1 nitrogen and oxygen atoms in total. The van der Waals surface area contributed by atoms with E-state index in [2.05, 4.69) is 31.9 Å². The minimum Gasteiger partial charge on any atom is -0.296 e. The topological polar surface area (TPSA) is 3.24 Å². The van der Waals surface area contributed by atoms with Gasteiger partial charge < -0.3 is 0 Å². The van der Waals surface area contributed by atoms with Crippen molar-refractivity contribution in [2.24, 2.45) is 5.41 Å². The molecule has 1 atom stereocenters. The Morgan fingerprint density at radius 2 is 1.86 bits per heavy atom. The fourth-order valence-electron chi connectivity index (χ4n) is 4.20. The molecule has 22 heavy (non-hydrogen) atoms. The first-order valence-corrected chi connectivity index (χ1v) is 7.69. The minimum atomic E-state index is -0.347. The van der Waals surface area contributed by atoms with Crippen LogP contribution in [0.25, 0.3) is 11.6 Å². The van der Waals surface area contributed by atoms with Crippen LogP contribution in [0.2, 0.25) is 0 Å². The van der Waals surface area contributed by atoms with Gasteiger partial charge in [-0.15, -0.1) is 0 Å². The molecule has 1 fully saturated rings. The predicted molar refractivity (Wildman–Crippen MR) is 84.5 cm³/mol. The van der Waals surface area contributed by atoms with Crippen molar-refractivity contribution in [2.45, 2.75) is 26.3 Å². The van der Waals surface area contributed by atoms with E-state index in [9.17, 15) is 8.78 Å². The van der Waals surface area contributed by atoms with Gasteiger partial charge in [-0.2, -0.15) is 0 Å². The van der Waals surface area contributed by atoms with Crippen molar-refractivity contribution in [2.75, 3.05) is 13.6 Å². The van der Waals surface area contributed by atoms with Crippen LogP contribution in [0.5, 0.6) is 0 Å². The lowest BCUT2D eigenvalue weighted by atomic mass is 9.74. The zero-order valence-corrected chi connectivity index (χ0v) is 13.1. The van der Waals surface area contributed by atoms with Crippen LogP contribution in [0.4, 0.5) is 8.78 Å². The normalized spacial score (nSPS) is 25.7. The molecular weight excluding hydrogens is 280 g/mol. The lowest BCUT2D eigenvalue weighted by Crippen LogP contribution is -2.46. The van der Waals surface area contributed by atoms with Gasteiger partial charge in [-0.1, -0.05) is 26.0 Å². The first-order valence-electron chi connectivity index (χ1n) is 7.69. The average molecular weight is 299 g/mol. The Kier molecular flexibility index (Phi) is 2.77. The van der Waals surface area contributed by atoms with Crippen molar-refractivity contribution in [3.63, 3.8) is 0 Å². The number of benzene rings is 1. The van der Waals surface area contributed by atoms with E-state index in [1.165, 1.54) is 17.7 Å². The van der Waals surface area contributed by atoms with Crippen molar-refractivity contribution in [1.82, 2.24) is 4.90 Å². The number of nitrogens with zero attached hydrogens (tertiary/aromatic N) is 1. The molecule has 4 rings (SSSR count). The summed E-state index contributed by atoms with van der Waals surface area (Å²) in [5.74, 6) is -0.690. The van der Waals surface area contributed by atoms with E-state index in [1.54, 1.807) is 0 Å². The third kappa shape index (κ3) is 1.85. The molecule has 1 aliphatic heterocycles. The first kappa shape index (κ1) is 13.9. The molecule has 0 radical (unpaired) electrons. The molecule has 2 aliphatic carbocycles. The van der Waals surface area contributed by atoms with Gasteiger partial charge >= 0.3 is 0 Å². The number of piperidine rings is 1. The molecule has 114 valence electrons. The fraction of sp³-hybridized carbons (Fsp3) is 0.368. The van der Waals surface area contributed by atoms with Gasteiger partial charge in [0.25, 0.3) is 0 Å². The summed E-state index contributed by atoms with van der Waals surface area (Å²) in [5, 5.41) is 0.817. The Morgan fingerprint density at radius 1 is 1.14 bits per heavy atom. The minimum absolute atomic E-state index is 0.170. The van der Waals surface area contributed by atoms with E-state index in [0.29, 0.717) is 10.4 Å². The van der Waals surface area contributed by atoms with Crippen LogP contribution in [0.1, 0.15) is 20.3 Å². The molecule has 3 heteroatoms. The predicted octanol–water partition coefficient (Wildman–Crippen LogP) is 2.51. The molecule has 0 aromatic heterocycles. The molecule has 1 aromatic rings. The zero-order valence-electron chi connectivity index (χ0n) is 13.1. The van der Waals surface area contributed by atoms with Crippen molar-refractivity contribution >= 4 is 11.6 Å². The van der Waals surface area contributed by atoms with Gasteiger partial charge in [0.05, 0.1) is 6.04 Å². The van der Waals surface area contributed by atoms with Crippen molar-refractivity contribution in [1.29, 1.82) is 0 Å². The van der Waals surface area contributed by atoms with Crippen molar-refractivity contribution < 1.29 is 8.78 Å². The molecule has 1 saturated heterocycles. The molecular formula is C19H19F2N. The Hall–Kier alpha value is -1.74. The maximum absolute atomic E-state index is 14.2. The summed E-state index contributed by atoms with van der Waals surface area (Å²) in [6.07, 6.45) is 6.88. The zero-order chi connectivity index (χ0) is 15.6. The quantitative estimate of drug-likeness (QED) is 0.711. The summed E-state index contributed by atoms with van der Waals surface area (Å²) in [6, 6.07) is 2.68. The number of hydrogen-bond donors (Lipinski definition) is 0. The summed E-state index contributed by atoms with van der Waals surface area (Å²) in [6.45, 7) is 5.51. The lowest BCUT2D eigenvalue weighted by molar-refractivity contribution is 0.151. The second-order valence-electron chi connectivity index (χ2n) is 7.37. The van der Waals surface area contributed by atoms with Gasteiger partial charge in [-0.3, -0.25) is 4.90 Å². The number of allylic oxidation sites excluding steroid dienone is 2. The van der Waals surface area contributed by atoms with E-state index in [1.807, 2.05) is 12.2 Å². The average Bonchev–Trinajstić information content (AvgIpc) is 2.83. The molecule has 0 amide bonds. The van der Waals surface area contributed by atoms with Gasteiger partial charge in [0, 0.05) is 17.0 Å². The highest BCUT2D eigenvalue weighted by Gasteiger charge is 2.37. The largest absolute Gasteiger partial charge is 0.296 e. The Morgan fingerprint density at radius 3 is 2.64 bits per heavy atom. The highest BCUT2D eigenvalue weighted by molar-refractivity contribution is 5.90. The summed E-state index contributed by atoms with van der Waals surface area (Å²) in [4.78, 5) is 2.32. The summed E-state index contributed by atoms with van der Waals surface area (Å²) >= 11 is 0. The van der Waals surface area contributed by atoms with Crippen LogP contribution in [0.3, 0.4) is 0 Å². The van der Waals surface area contributed by atoms with Crippen LogP contribution in [-0.4, -0.2) is 24.5 Å². The summed E-state index contributed by atoms with van der Waals surface area (Å²) < 4.78 is 28.3. The Balaban J connectivity index is 2.03. The smallest absolute Gasteiger partial charge is 0.131 e. The Labute approximate surface area is 128 Å². The highest BCUT2D eigenvalue weighted by atomic mass is 19.1. The molecule has 0 bridgehead atoms. The molecule has 1 aromatic carbocycles. The number of fused-ring (bicyclic) bond motifs is 3. The molecule has 0 saturated carbocycles. The number of likely N-dealkylation sites (tertiary alicyclic amines) is 1. The van der Waals surface area contributed by atoms with E-state index >= 15 is 0 Å². The van der Waals surface area contributed by atoms with E-state index in [-0.39, 0.29) is 23.1 Å². The maximum Gasteiger partial charge on any atom is 0.131 e. The molecule has 0 N–H and O–H groups in total. The van der Waals surface area contributed by atoms with Gasteiger partial charge in [0.2, 0.25) is 0 Å². The maximum atomic E-state index is 14.2. The molecule has 1 unspecified atom stereocenters. The van der Waals surface area contributed by atoms with Gasteiger partial charge in [-0.05, 0) is 53.8 Å². The SMILES string of the molecule is CN1CC(C)(C)CC2=C3C=c4c(F)ccc(F)c4=C3C=CC21. The van der Waals surface area contributed by atoms with Gasteiger partial charge in [0.15, 0.2) is 0 Å². The van der Waals surface area contributed by atoms with Crippen molar-refractivity contribution in [3.05, 3.63) is 57.5 Å². The number of likely N-dealkylation sites (N-methyl/N-ethyl adjacent to an activating group) is 1. The molecule has 0 spiro atoms. The highest BCUT2D eigenvalue weighted by Crippen LogP contribution is 2.41. The summed E-state index contributed by atoms with van der Waals surface area (Å²) in [5.41, 5.74) is 3.31. The van der Waals surface area contributed by atoms with Crippen molar-refractivity contribution in [3.8, 4) is 0 Å². The summed E-state index contributed by atoms with van der Waals surface area (Å²) in [7, 11) is 2.12.